The van der Waals surface area contributed by atoms with Gasteiger partial charge in [-0.1, -0.05) is 83.1 Å². The molecule has 0 saturated heterocycles. The van der Waals surface area contributed by atoms with Gasteiger partial charge in [0.15, 0.2) is 6.10 Å². The van der Waals surface area contributed by atoms with Crippen molar-refractivity contribution >= 4 is 11.9 Å². The molecule has 262 valence electrons. The van der Waals surface area contributed by atoms with Gasteiger partial charge >= 0.3 is 18.1 Å². The van der Waals surface area contributed by atoms with E-state index < -0.39 is 24.2 Å². The van der Waals surface area contributed by atoms with Crippen LogP contribution in [0.4, 0.5) is 13.2 Å². The average molecular weight is 671 g/mol. The number of rotatable bonds is 22. The third-order valence-corrected chi connectivity index (χ3v) is 7.84. The summed E-state index contributed by atoms with van der Waals surface area (Å²) in [6.45, 7) is 6.03. The van der Waals surface area contributed by atoms with E-state index in [4.69, 9.17) is 18.9 Å². The van der Waals surface area contributed by atoms with E-state index in [1.54, 1.807) is 12.1 Å². The molecular formula is C39H49F3O6. The van der Waals surface area contributed by atoms with Crippen LogP contribution in [0.25, 0.3) is 11.1 Å². The highest BCUT2D eigenvalue weighted by Crippen LogP contribution is 2.29. The van der Waals surface area contributed by atoms with E-state index in [0.29, 0.717) is 38.2 Å². The van der Waals surface area contributed by atoms with Gasteiger partial charge in [-0.2, -0.15) is 13.2 Å². The Bertz CT molecular complexity index is 1340. The van der Waals surface area contributed by atoms with E-state index in [1.807, 2.05) is 43.3 Å². The van der Waals surface area contributed by atoms with Gasteiger partial charge in [-0.25, -0.2) is 9.59 Å². The third-order valence-electron chi connectivity index (χ3n) is 7.84. The van der Waals surface area contributed by atoms with Gasteiger partial charge in [-0.15, -0.1) is 0 Å². The van der Waals surface area contributed by atoms with E-state index in [-0.39, 0.29) is 24.2 Å². The Hall–Kier alpha value is -3.85. The maximum absolute atomic E-state index is 13.5. The third kappa shape index (κ3) is 14.1. The highest BCUT2D eigenvalue weighted by atomic mass is 19.4. The van der Waals surface area contributed by atoms with E-state index in [2.05, 4.69) is 6.92 Å². The van der Waals surface area contributed by atoms with Crippen LogP contribution in [0.1, 0.15) is 112 Å². The molecule has 0 fully saturated rings. The van der Waals surface area contributed by atoms with Crippen molar-refractivity contribution in [2.45, 2.75) is 103 Å². The van der Waals surface area contributed by atoms with Crippen LogP contribution in [0.3, 0.4) is 0 Å². The van der Waals surface area contributed by atoms with Crippen LogP contribution in [-0.2, 0) is 9.47 Å². The summed E-state index contributed by atoms with van der Waals surface area (Å²) >= 11 is 0. The molecule has 0 aliphatic heterocycles. The molecule has 0 saturated carbocycles. The highest BCUT2D eigenvalue weighted by molar-refractivity contribution is 5.92. The standard InChI is InChI=1S/C39H49F3O6/c1-3-5-6-7-8-9-13-29-46-34-23-19-31(20-24-34)30-15-17-32(18-16-30)37(43)47-35-25-21-33(22-26-35)38(44)48-36(39(40,41)42)14-11-10-12-28-45-27-4-2/h15-26,36H,3-14,27-29H2,1-2H3. The van der Waals surface area contributed by atoms with Crippen LogP contribution in [-0.4, -0.2) is 44.0 Å². The molecule has 0 bridgehead atoms. The number of hydrogen-bond donors (Lipinski definition) is 0. The number of ether oxygens (including phenoxy) is 4. The second-order valence-corrected chi connectivity index (χ2v) is 11.9. The highest BCUT2D eigenvalue weighted by Gasteiger charge is 2.42. The van der Waals surface area contributed by atoms with Crippen molar-refractivity contribution in [3.8, 4) is 22.6 Å². The smallest absolute Gasteiger partial charge is 0.425 e. The summed E-state index contributed by atoms with van der Waals surface area (Å²) in [5.74, 6) is -0.734. The fourth-order valence-corrected chi connectivity index (χ4v) is 5.06. The zero-order chi connectivity index (χ0) is 34.6. The molecule has 6 nitrogen and oxygen atoms in total. The van der Waals surface area contributed by atoms with Crippen LogP contribution in [0.5, 0.6) is 11.5 Å². The van der Waals surface area contributed by atoms with Crippen molar-refractivity contribution in [1.29, 1.82) is 0 Å². The maximum Gasteiger partial charge on any atom is 0.425 e. The van der Waals surface area contributed by atoms with Gasteiger partial charge in [-0.3, -0.25) is 0 Å². The predicted molar refractivity (Wildman–Crippen MR) is 182 cm³/mol. The van der Waals surface area contributed by atoms with Crippen molar-refractivity contribution < 1.29 is 41.7 Å². The van der Waals surface area contributed by atoms with Gasteiger partial charge in [0.05, 0.1) is 17.7 Å². The Labute approximate surface area is 282 Å². The number of halogens is 3. The Kier molecular flexibility index (Phi) is 17.0. The number of unbranched alkanes of at least 4 members (excludes halogenated alkanes) is 8. The Morgan fingerprint density at radius 1 is 0.583 bits per heavy atom. The quantitative estimate of drug-likeness (QED) is 0.0602. The lowest BCUT2D eigenvalue weighted by molar-refractivity contribution is -0.206. The van der Waals surface area contributed by atoms with E-state index in [0.717, 1.165) is 29.7 Å². The van der Waals surface area contributed by atoms with Crippen molar-refractivity contribution in [3.63, 3.8) is 0 Å². The number of carbonyl (C=O) groups is 2. The minimum Gasteiger partial charge on any atom is -0.494 e. The number of hydrogen-bond acceptors (Lipinski definition) is 6. The fraction of sp³-hybridized carbons (Fsp3) is 0.487. The van der Waals surface area contributed by atoms with E-state index >= 15 is 0 Å². The molecule has 0 heterocycles. The summed E-state index contributed by atoms with van der Waals surface area (Å²) in [5.41, 5.74) is 2.15. The lowest BCUT2D eigenvalue weighted by atomic mass is 10.0. The molecule has 3 aromatic rings. The van der Waals surface area contributed by atoms with E-state index in [9.17, 15) is 22.8 Å². The molecule has 48 heavy (non-hydrogen) atoms. The molecule has 0 radical (unpaired) electrons. The lowest BCUT2D eigenvalue weighted by Gasteiger charge is -2.20. The number of alkyl halides is 3. The summed E-state index contributed by atoms with van der Waals surface area (Å²) < 4.78 is 62.0. The van der Waals surface area contributed by atoms with Gasteiger partial charge < -0.3 is 18.9 Å². The molecule has 0 N–H and O–H groups in total. The SMILES string of the molecule is CCCCCCCCCOc1ccc(-c2ccc(C(=O)Oc3ccc(C(=O)OC(CCCCCOCCC)C(F)(F)F)cc3)cc2)cc1. The van der Waals surface area contributed by atoms with E-state index in [1.165, 1.54) is 62.8 Å². The minimum atomic E-state index is -4.68. The molecule has 0 aliphatic carbocycles. The second kappa shape index (κ2) is 21.2. The van der Waals surface area contributed by atoms with Gasteiger partial charge in [-0.05, 0) is 91.8 Å². The summed E-state index contributed by atoms with van der Waals surface area (Å²) in [5, 5.41) is 0. The first-order chi connectivity index (χ1) is 23.2. The summed E-state index contributed by atoms with van der Waals surface area (Å²) in [7, 11) is 0. The number of benzene rings is 3. The van der Waals surface area contributed by atoms with Gasteiger partial charge in [0.2, 0.25) is 0 Å². The van der Waals surface area contributed by atoms with Crippen LogP contribution in [0.2, 0.25) is 0 Å². The number of carbonyl (C=O) groups excluding carboxylic acids is 2. The zero-order valence-electron chi connectivity index (χ0n) is 28.2. The molecule has 3 rings (SSSR count). The molecule has 0 aromatic heterocycles. The molecular weight excluding hydrogens is 621 g/mol. The largest absolute Gasteiger partial charge is 0.494 e. The van der Waals surface area contributed by atoms with Crippen molar-refractivity contribution in [1.82, 2.24) is 0 Å². The van der Waals surface area contributed by atoms with Crippen molar-refractivity contribution in [2.24, 2.45) is 0 Å². The first-order valence-corrected chi connectivity index (χ1v) is 17.2. The topological polar surface area (TPSA) is 71.1 Å². The molecule has 0 aliphatic rings. The Morgan fingerprint density at radius 2 is 1.10 bits per heavy atom. The van der Waals surface area contributed by atoms with Gasteiger partial charge in [0.1, 0.15) is 11.5 Å². The zero-order valence-corrected chi connectivity index (χ0v) is 28.2. The molecule has 1 unspecified atom stereocenters. The Balaban J connectivity index is 1.44. The maximum atomic E-state index is 13.5. The predicted octanol–water partition coefficient (Wildman–Crippen LogP) is 10.8. The lowest BCUT2D eigenvalue weighted by Crippen LogP contribution is -2.33. The first-order valence-electron chi connectivity index (χ1n) is 17.2. The van der Waals surface area contributed by atoms with Gasteiger partial charge in [0.25, 0.3) is 0 Å². The molecule has 0 amide bonds. The molecule has 9 heteroatoms. The van der Waals surface area contributed by atoms with Crippen LogP contribution in [0.15, 0.2) is 72.8 Å². The average Bonchev–Trinajstić information content (AvgIpc) is 3.08. The minimum absolute atomic E-state index is 0.0735. The number of esters is 2. The van der Waals surface area contributed by atoms with Crippen LogP contribution in [0, 0.1) is 0 Å². The monoisotopic (exact) mass is 670 g/mol. The summed E-state index contributed by atoms with van der Waals surface area (Å²) in [6.07, 6.45) is 3.76. The van der Waals surface area contributed by atoms with Crippen LogP contribution >= 0.6 is 0 Å². The van der Waals surface area contributed by atoms with Crippen molar-refractivity contribution in [3.05, 3.63) is 83.9 Å². The van der Waals surface area contributed by atoms with Gasteiger partial charge in [0, 0.05) is 13.2 Å². The first kappa shape index (κ1) is 38.6. The Morgan fingerprint density at radius 3 is 1.73 bits per heavy atom. The summed E-state index contributed by atoms with van der Waals surface area (Å²) in [4.78, 5) is 25.2. The molecule has 3 aromatic carbocycles. The molecule has 0 spiro atoms. The van der Waals surface area contributed by atoms with Crippen molar-refractivity contribution in [2.75, 3.05) is 19.8 Å². The van der Waals surface area contributed by atoms with Crippen LogP contribution < -0.4 is 9.47 Å². The fourth-order valence-electron chi connectivity index (χ4n) is 5.06. The second-order valence-electron chi connectivity index (χ2n) is 11.9. The molecule has 1 atom stereocenters. The summed E-state index contributed by atoms with van der Waals surface area (Å²) in [6, 6.07) is 20.0. The normalized spacial score (nSPS) is 12.0.